The van der Waals surface area contributed by atoms with Crippen LogP contribution < -0.4 is 5.32 Å². The van der Waals surface area contributed by atoms with Crippen molar-refractivity contribution in [1.29, 1.82) is 0 Å². The van der Waals surface area contributed by atoms with Gasteiger partial charge in [0.1, 0.15) is 6.04 Å². The summed E-state index contributed by atoms with van der Waals surface area (Å²) in [6.07, 6.45) is 1.55. The van der Waals surface area contributed by atoms with Gasteiger partial charge in [-0.25, -0.2) is 4.79 Å². The molecule has 2 N–H and O–H groups in total. The zero-order chi connectivity index (χ0) is 15.6. The number of nitrogens with one attached hydrogen (secondary N) is 1. The minimum atomic E-state index is -1.04. The van der Waals surface area contributed by atoms with E-state index in [0.29, 0.717) is 17.5 Å². The predicted octanol–water partition coefficient (Wildman–Crippen LogP) is 2.04. The van der Waals surface area contributed by atoms with Crippen LogP contribution in [-0.4, -0.2) is 28.7 Å². The number of allylic oxidation sites excluding steroid dienone is 2. The average Bonchev–Trinajstić information content (AvgIpc) is 2.43. The molecule has 0 saturated carbocycles. The quantitative estimate of drug-likeness (QED) is 0.865. The number of hydrogen-bond acceptors (Lipinski definition) is 4. The van der Waals surface area contributed by atoms with Gasteiger partial charge in [-0.2, -0.15) is 0 Å². The van der Waals surface area contributed by atoms with Gasteiger partial charge in [-0.1, -0.05) is 38.1 Å². The fourth-order valence-corrected chi connectivity index (χ4v) is 2.30. The molecule has 0 amide bonds. The van der Waals surface area contributed by atoms with E-state index >= 15 is 0 Å². The van der Waals surface area contributed by atoms with Gasteiger partial charge in [0, 0.05) is 17.2 Å². The van der Waals surface area contributed by atoms with Crippen molar-refractivity contribution in [2.75, 3.05) is 0 Å². The molecule has 1 aromatic rings. The highest BCUT2D eigenvalue weighted by Gasteiger charge is 2.28. The summed E-state index contributed by atoms with van der Waals surface area (Å²) in [5.74, 6) is -1.52. The number of carbonyl (C=O) groups is 3. The molecule has 0 spiro atoms. The summed E-state index contributed by atoms with van der Waals surface area (Å²) in [6.45, 7) is 3.80. The lowest BCUT2D eigenvalue weighted by atomic mass is 9.92. The minimum Gasteiger partial charge on any atom is -0.480 e. The van der Waals surface area contributed by atoms with E-state index in [9.17, 15) is 19.5 Å². The van der Waals surface area contributed by atoms with Gasteiger partial charge >= 0.3 is 5.97 Å². The molecule has 1 aliphatic rings. The lowest BCUT2D eigenvalue weighted by Gasteiger charge is -2.21. The molecule has 0 aliphatic heterocycles. The first-order valence-electron chi connectivity index (χ1n) is 6.79. The standard InChI is InChI=1S/C16H17NO4/c1-9(2)7-13(16(20)21)17-12-8-14(18)10-5-3-4-6-11(10)15(12)19/h3-6,8-9,13,17H,7H2,1-2H3,(H,20,21)/t13-/m0/s1. The first-order valence-corrected chi connectivity index (χ1v) is 6.79. The van der Waals surface area contributed by atoms with Gasteiger partial charge in [0.25, 0.3) is 0 Å². The summed E-state index contributed by atoms with van der Waals surface area (Å²) in [5.41, 5.74) is 0.705. The molecule has 0 aromatic heterocycles. The van der Waals surface area contributed by atoms with E-state index in [0.717, 1.165) is 0 Å². The SMILES string of the molecule is CC(C)C[C@H](NC1=CC(=O)c2ccccc2C1=O)C(=O)O. The molecule has 1 aromatic carbocycles. The van der Waals surface area contributed by atoms with Gasteiger partial charge in [0.05, 0.1) is 5.70 Å². The molecule has 0 saturated heterocycles. The van der Waals surface area contributed by atoms with Crippen LogP contribution in [0.5, 0.6) is 0 Å². The van der Waals surface area contributed by atoms with Crippen LogP contribution >= 0.6 is 0 Å². The summed E-state index contributed by atoms with van der Waals surface area (Å²) in [5, 5.41) is 11.9. The molecule has 0 bridgehead atoms. The molecular weight excluding hydrogens is 270 g/mol. The Hall–Kier alpha value is -2.43. The van der Waals surface area contributed by atoms with E-state index < -0.39 is 12.0 Å². The number of hydrogen-bond donors (Lipinski definition) is 2. The monoisotopic (exact) mass is 287 g/mol. The maximum Gasteiger partial charge on any atom is 0.326 e. The molecule has 1 atom stereocenters. The van der Waals surface area contributed by atoms with Crippen molar-refractivity contribution < 1.29 is 19.5 Å². The highest BCUT2D eigenvalue weighted by Crippen LogP contribution is 2.20. The molecule has 5 nitrogen and oxygen atoms in total. The number of carboxylic acid groups (broad SMARTS) is 1. The molecule has 0 fully saturated rings. The Balaban J connectivity index is 2.27. The average molecular weight is 287 g/mol. The Labute approximate surface area is 122 Å². The third-order valence-electron chi connectivity index (χ3n) is 3.29. The largest absolute Gasteiger partial charge is 0.480 e. The molecule has 0 radical (unpaired) electrons. The van der Waals surface area contributed by atoms with Crippen molar-refractivity contribution in [3.05, 3.63) is 47.2 Å². The zero-order valence-electron chi connectivity index (χ0n) is 11.9. The van der Waals surface area contributed by atoms with E-state index in [1.165, 1.54) is 6.08 Å². The molecule has 110 valence electrons. The van der Waals surface area contributed by atoms with Crippen LogP contribution in [0.3, 0.4) is 0 Å². The van der Waals surface area contributed by atoms with Crippen molar-refractivity contribution in [1.82, 2.24) is 5.32 Å². The van der Waals surface area contributed by atoms with E-state index in [2.05, 4.69) is 5.32 Å². The summed E-state index contributed by atoms with van der Waals surface area (Å²) in [6, 6.07) is 5.64. The van der Waals surface area contributed by atoms with Gasteiger partial charge in [-0.05, 0) is 12.3 Å². The summed E-state index contributed by atoms with van der Waals surface area (Å²) in [4.78, 5) is 35.6. The lowest BCUT2D eigenvalue weighted by molar-refractivity contribution is -0.139. The van der Waals surface area contributed by atoms with Crippen molar-refractivity contribution in [3.8, 4) is 0 Å². The third kappa shape index (κ3) is 3.18. The molecule has 21 heavy (non-hydrogen) atoms. The highest BCUT2D eigenvalue weighted by molar-refractivity contribution is 6.24. The Morgan fingerprint density at radius 1 is 1.19 bits per heavy atom. The molecule has 2 rings (SSSR count). The molecule has 0 heterocycles. The second-order valence-corrected chi connectivity index (χ2v) is 5.46. The third-order valence-corrected chi connectivity index (χ3v) is 3.29. The summed E-state index contributed by atoms with van der Waals surface area (Å²) < 4.78 is 0. The van der Waals surface area contributed by atoms with Gasteiger partial charge < -0.3 is 10.4 Å². The topological polar surface area (TPSA) is 83.5 Å². The number of Topliss-reactive ketones (excluding diaryl/α,β-unsaturated/α-hetero) is 1. The van der Waals surface area contributed by atoms with Crippen LogP contribution in [0.4, 0.5) is 0 Å². The van der Waals surface area contributed by atoms with Crippen LogP contribution in [0.15, 0.2) is 36.0 Å². The number of ketones is 2. The Bertz CT molecular complexity index is 631. The van der Waals surface area contributed by atoms with Gasteiger partial charge in [-0.3, -0.25) is 9.59 Å². The number of aliphatic carboxylic acids is 1. The van der Waals surface area contributed by atoms with E-state index in [1.54, 1.807) is 24.3 Å². The van der Waals surface area contributed by atoms with E-state index in [-0.39, 0.29) is 23.2 Å². The lowest BCUT2D eigenvalue weighted by Crippen LogP contribution is -2.40. The molecular formula is C16H17NO4. The minimum absolute atomic E-state index is 0.0479. The van der Waals surface area contributed by atoms with Crippen LogP contribution in [0.25, 0.3) is 0 Å². The Morgan fingerprint density at radius 3 is 2.38 bits per heavy atom. The number of carboxylic acids is 1. The van der Waals surface area contributed by atoms with Gasteiger partial charge in [-0.15, -0.1) is 0 Å². The van der Waals surface area contributed by atoms with Crippen LogP contribution in [0.1, 0.15) is 41.0 Å². The van der Waals surface area contributed by atoms with Crippen LogP contribution in [-0.2, 0) is 4.79 Å². The maximum absolute atomic E-state index is 12.3. The first kappa shape index (κ1) is 15.0. The smallest absolute Gasteiger partial charge is 0.326 e. The first-order chi connectivity index (χ1) is 9.90. The normalized spacial score (nSPS) is 15.5. The Morgan fingerprint density at radius 2 is 1.81 bits per heavy atom. The zero-order valence-corrected chi connectivity index (χ0v) is 11.9. The second-order valence-electron chi connectivity index (χ2n) is 5.46. The van der Waals surface area contributed by atoms with Gasteiger partial charge in [0.15, 0.2) is 5.78 Å². The number of carbonyl (C=O) groups excluding carboxylic acids is 2. The highest BCUT2D eigenvalue weighted by atomic mass is 16.4. The van der Waals surface area contributed by atoms with E-state index in [1.807, 2.05) is 13.8 Å². The number of fused-ring (bicyclic) bond motifs is 1. The second kappa shape index (κ2) is 5.91. The van der Waals surface area contributed by atoms with E-state index in [4.69, 9.17) is 0 Å². The summed E-state index contributed by atoms with van der Waals surface area (Å²) in [7, 11) is 0. The number of benzene rings is 1. The van der Waals surface area contributed by atoms with Crippen molar-refractivity contribution >= 4 is 17.5 Å². The van der Waals surface area contributed by atoms with Crippen molar-refractivity contribution in [2.45, 2.75) is 26.3 Å². The number of rotatable bonds is 5. The Kier molecular flexibility index (Phi) is 4.21. The molecule has 5 heteroatoms. The predicted molar refractivity (Wildman–Crippen MR) is 77.2 cm³/mol. The fraction of sp³-hybridized carbons (Fsp3) is 0.312. The molecule has 1 aliphatic carbocycles. The van der Waals surface area contributed by atoms with Crippen LogP contribution in [0, 0.1) is 5.92 Å². The summed E-state index contributed by atoms with van der Waals surface area (Å²) >= 11 is 0. The van der Waals surface area contributed by atoms with Crippen molar-refractivity contribution in [3.63, 3.8) is 0 Å². The molecule has 0 unspecified atom stereocenters. The van der Waals surface area contributed by atoms with Crippen LogP contribution in [0.2, 0.25) is 0 Å². The fourth-order valence-electron chi connectivity index (χ4n) is 2.30. The van der Waals surface area contributed by atoms with Gasteiger partial charge in [0.2, 0.25) is 5.78 Å². The maximum atomic E-state index is 12.3. The van der Waals surface area contributed by atoms with Crippen molar-refractivity contribution in [2.24, 2.45) is 5.92 Å².